The predicted octanol–water partition coefficient (Wildman–Crippen LogP) is 6.30. The van der Waals surface area contributed by atoms with Gasteiger partial charge in [0.25, 0.3) is 0 Å². The van der Waals surface area contributed by atoms with Crippen LogP contribution in [0.2, 0.25) is 10.0 Å². The fourth-order valence-electron chi connectivity index (χ4n) is 2.40. The van der Waals surface area contributed by atoms with Crippen LogP contribution in [-0.2, 0) is 16.1 Å². The van der Waals surface area contributed by atoms with Crippen molar-refractivity contribution in [3.05, 3.63) is 88.4 Å². The van der Waals surface area contributed by atoms with E-state index in [1.54, 1.807) is 25.1 Å². The molecule has 0 aliphatic rings. The van der Waals surface area contributed by atoms with Crippen molar-refractivity contribution in [2.24, 2.45) is 0 Å². The molecule has 0 radical (unpaired) electrons. The highest BCUT2D eigenvalue weighted by Gasteiger charge is 2.18. The van der Waals surface area contributed by atoms with Crippen LogP contribution in [0.15, 0.2) is 72.8 Å². The second-order valence-corrected chi connectivity index (χ2v) is 6.85. The van der Waals surface area contributed by atoms with Gasteiger partial charge in [-0.25, -0.2) is 4.79 Å². The van der Waals surface area contributed by atoms with Crippen molar-refractivity contribution >= 4 is 29.2 Å². The van der Waals surface area contributed by atoms with E-state index in [9.17, 15) is 4.79 Å². The average Bonchev–Trinajstić information content (AvgIpc) is 2.69. The zero-order chi connectivity index (χ0) is 19.9. The number of esters is 1. The molecule has 0 bridgehead atoms. The highest BCUT2D eigenvalue weighted by Crippen LogP contribution is 2.28. The monoisotopic (exact) mass is 416 g/mol. The lowest BCUT2D eigenvalue weighted by Crippen LogP contribution is -2.26. The summed E-state index contributed by atoms with van der Waals surface area (Å²) in [5, 5.41) is 0.822. The Kier molecular flexibility index (Phi) is 6.80. The fourth-order valence-corrected chi connectivity index (χ4v) is 2.86. The first-order chi connectivity index (χ1) is 13.5. The highest BCUT2D eigenvalue weighted by atomic mass is 35.5. The number of hydrogen-bond donors (Lipinski definition) is 0. The van der Waals surface area contributed by atoms with E-state index in [2.05, 4.69) is 0 Å². The number of rotatable bonds is 7. The van der Waals surface area contributed by atoms with Gasteiger partial charge in [0.15, 0.2) is 6.10 Å². The van der Waals surface area contributed by atoms with Gasteiger partial charge in [-0.3, -0.25) is 0 Å². The first-order valence-corrected chi connectivity index (χ1v) is 9.37. The van der Waals surface area contributed by atoms with Crippen LogP contribution in [0.3, 0.4) is 0 Å². The summed E-state index contributed by atoms with van der Waals surface area (Å²) in [4.78, 5) is 12.2. The molecule has 0 aromatic heterocycles. The third-order valence-corrected chi connectivity index (χ3v) is 4.32. The molecule has 0 fully saturated rings. The topological polar surface area (TPSA) is 44.8 Å². The normalized spacial score (nSPS) is 11.5. The molecule has 0 saturated carbocycles. The molecule has 0 amide bonds. The van der Waals surface area contributed by atoms with Gasteiger partial charge in [-0.05, 0) is 55.0 Å². The Balaban J connectivity index is 1.56. The van der Waals surface area contributed by atoms with Gasteiger partial charge in [-0.2, -0.15) is 0 Å². The molecular weight excluding hydrogens is 399 g/mol. The molecule has 1 unspecified atom stereocenters. The van der Waals surface area contributed by atoms with Crippen molar-refractivity contribution in [3.63, 3.8) is 0 Å². The van der Waals surface area contributed by atoms with Crippen LogP contribution < -0.4 is 9.47 Å². The zero-order valence-corrected chi connectivity index (χ0v) is 16.6. The van der Waals surface area contributed by atoms with Crippen molar-refractivity contribution in [2.75, 3.05) is 0 Å². The summed E-state index contributed by atoms with van der Waals surface area (Å²) in [7, 11) is 0. The van der Waals surface area contributed by atoms with Crippen LogP contribution in [0.4, 0.5) is 0 Å². The van der Waals surface area contributed by atoms with E-state index < -0.39 is 12.1 Å². The quantitative estimate of drug-likeness (QED) is 0.424. The summed E-state index contributed by atoms with van der Waals surface area (Å²) < 4.78 is 16.7. The first kappa shape index (κ1) is 20.1. The number of ether oxygens (including phenoxy) is 3. The van der Waals surface area contributed by atoms with E-state index in [0.29, 0.717) is 21.5 Å². The number of hydrogen-bond acceptors (Lipinski definition) is 4. The van der Waals surface area contributed by atoms with Gasteiger partial charge in [-0.15, -0.1) is 0 Å². The lowest BCUT2D eigenvalue weighted by Gasteiger charge is -2.15. The Hall–Kier alpha value is -2.69. The summed E-state index contributed by atoms with van der Waals surface area (Å²) in [5.74, 6) is 1.27. The summed E-state index contributed by atoms with van der Waals surface area (Å²) in [6.45, 7) is 1.70. The number of halogens is 2. The number of para-hydroxylation sites is 1. The van der Waals surface area contributed by atoms with Gasteiger partial charge in [0.05, 0.1) is 5.02 Å². The molecule has 0 heterocycles. The van der Waals surface area contributed by atoms with Crippen LogP contribution in [0.1, 0.15) is 12.5 Å². The van der Waals surface area contributed by atoms with E-state index in [1.807, 2.05) is 54.6 Å². The molecule has 6 heteroatoms. The van der Waals surface area contributed by atoms with Crippen molar-refractivity contribution < 1.29 is 19.0 Å². The lowest BCUT2D eigenvalue weighted by molar-refractivity contribution is -0.152. The molecule has 0 saturated heterocycles. The second kappa shape index (κ2) is 9.49. The van der Waals surface area contributed by atoms with Crippen LogP contribution in [0.5, 0.6) is 17.2 Å². The maximum atomic E-state index is 12.2. The minimum Gasteiger partial charge on any atom is -0.477 e. The van der Waals surface area contributed by atoms with Crippen molar-refractivity contribution in [1.82, 2.24) is 0 Å². The number of benzene rings is 3. The maximum Gasteiger partial charge on any atom is 0.347 e. The van der Waals surface area contributed by atoms with Gasteiger partial charge >= 0.3 is 5.97 Å². The van der Waals surface area contributed by atoms with Crippen LogP contribution in [0, 0.1) is 0 Å². The van der Waals surface area contributed by atoms with Gasteiger partial charge < -0.3 is 14.2 Å². The van der Waals surface area contributed by atoms with Crippen LogP contribution in [0.25, 0.3) is 0 Å². The Bertz CT molecular complexity index is 944. The minimum atomic E-state index is -0.817. The molecule has 0 N–H and O–H groups in total. The lowest BCUT2D eigenvalue weighted by atomic mass is 10.2. The summed E-state index contributed by atoms with van der Waals surface area (Å²) >= 11 is 11.9. The van der Waals surface area contributed by atoms with Crippen molar-refractivity contribution in [3.8, 4) is 17.2 Å². The molecule has 3 rings (SSSR count). The molecule has 0 aliphatic carbocycles. The summed E-state index contributed by atoms with van der Waals surface area (Å²) in [6, 6.07) is 21.6. The number of carbonyl (C=O) groups excluding carboxylic acids is 1. The first-order valence-electron chi connectivity index (χ1n) is 8.61. The third kappa shape index (κ3) is 5.65. The SMILES string of the molecule is CC(Oc1ccc(Cl)cc1Cl)C(=O)OCc1cccc(Oc2ccccc2)c1. The third-order valence-electron chi connectivity index (χ3n) is 3.79. The Morgan fingerprint density at radius 2 is 1.68 bits per heavy atom. The fraction of sp³-hybridized carbons (Fsp3) is 0.136. The Morgan fingerprint density at radius 3 is 2.43 bits per heavy atom. The minimum absolute atomic E-state index is 0.104. The van der Waals surface area contributed by atoms with E-state index in [0.717, 1.165) is 11.3 Å². The standard InChI is InChI=1S/C22H18Cl2O4/c1-15(27-21-11-10-17(23)13-20(21)24)22(25)26-14-16-6-5-9-19(12-16)28-18-7-3-2-4-8-18/h2-13,15H,14H2,1H3. The number of carbonyl (C=O) groups is 1. The average molecular weight is 417 g/mol. The zero-order valence-electron chi connectivity index (χ0n) is 15.1. The van der Waals surface area contributed by atoms with Crippen molar-refractivity contribution in [2.45, 2.75) is 19.6 Å². The van der Waals surface area contributed by atoms with Gasteiger partial charge in [0.1, 0.15) is 23.9 Å². The summed E-state index contributed by atoms with van der Waals surface area (Å²) in [5.41, 5.74) is 0.804. The van der Waals surface area contributed by atoms with Crippen LogP contribution >= 0.6 is 23.2 Å². The predicted molar refractivity (Wildman–Crippen MR) is 109 cm³/mol. The molecule has 28 heavy (non-hydrogen) atoms. The molecule has 0 aliphatic heterocycles. The molecule has 4 nitrogen and oxygen atoms in total. The van der Waals surface area contributed by atoms with Crippen LogP contribution in [-0.4, -0.2) is 12.1 Å². The second-order valence-electron chi connectivity index (χ2n) is 6.01. The molecule has 3 aromatic rings. The van der Waals surface area contributed by atoms with E-state index in [4.69, 9.17) is 37.4 Å². The van der Waals surface area contributed by atoms with Crippen molar-refractivity contribution in [1.29, 1.82) is 0 Å². The molecule has 0 spiro atoms. The van der Waals surface area contributed by atoms with E-state index in [-0.39, 0.29) is 6.61 Å². The van der Waals surface area contributed by atoms with E-state index in [1.165, 1.54) is 0 Å². The molecule has 1 atom stereocenters. The summed E-state index contributed by atoms with van der Waals surface area (Å²) in [6.07, 6.45) is -0.817. The Morgan fingerprint density at radius 1 is 0.929 bits per heavy atom. The molecule has 3 aromatic carbocycles. The van der Waals surface area contributed by atoms with Gasteiger partial charge in [0, 0.05) is 5.02 Å². The Labute approximate surface area is 173 Å². The van der Waals surface area contributed by atoms with Gasteiger partial charge in [0.2, 0.25) is 0 Å². The highest BCUT2D eigenvalue weighted by molar-refractivity contribution is 6.35. The van der Waals surface area contributed by atoms with E-state index >= 15 is 0 Å². The smallest absolute Gasteiger partial charge is 0.347 e. The molecular formula is C22H18Cl2O4. The molecule has 144 valence electrons. The largest absolute Gasteiger partial charge is 0.477 e. The maximum absolute atomic E-state index is 12.2. The van der Waals surface area contributed by atoms with Gasteiger partial charge in [-0.1, -0.05) is 53.5 Å².